The minimum Gasteiger partial charge on any atom is -0.393 e. The summed E-state index contributed by atoms with van der Waals surface area (Å²) in [4.78, 5) is 24.4. The van der Waals surface area contributed by atoms with Crippen molar-refractivity contribution in [3.8, 4) is 0 Å². The van der Waals surface area contributed by atoms with Gasteiger partial charge in [0.05, 0.1) is 6.10 Å². The molecule has 148 valence electrons. The molecule has 0 heterocycles. The highest BCUT2D eigenvalue weighted by atomic mass is 16.3. The molecule has 7 atom stereocenters. The lowest BCUT2D eigenvalue weighted by molar-refractivity contribution is -0.179. The normalized spacial score (nSPS) is 50.5. The number of fused-ring (bicyclic) bond motifs is 5. The van der Waals surface area contributed by atoms with Gasteiger partial charge in [-0.15, -0.1) is 0 Å². The molecule has 0 unspecified atom stereocenters. The topological polar surface area (TPSA) is 74.6 Å². The number of rotatable bonds is 1. The summed E-state index contributed by atoms with van der Waals surface area (Å²) < 4.78 is 0. The Bertz CT molecular complexity index is 777. The predicted octanol–water partition coefficient (Wildman–Crippen LogP) is 3.22. The van der Waals surface area contributed by atoms with Crippen molar-refractivity contribution >= 4 is 11.6 Å². The van der Waals surface area contributed by atoms with Crippen LogP contribution in [0, 0.1) is 34.0 Å². The third kappa shape index (κ3) is 2.23. The molecule has 0 spiro atoms. The molecule has 0 aromatic heterocycles. The fraction of sp³-hybridized carbons (Fsp3) is 0.739. The fourth-order valence-electron chi connectivity index (χ4n) is 7.68. The summed E-state index contributed by atoms with van der Waals surface area (Å²) >= 11 is 0. The highest BCUT2D eigenvalue weighted by Gasteiger charge is 2.68. The number of hydrogen-bond donors (Lipinski definition) is 2. The van der Waals surface area contributed by atoms with Crippen LogP contribution in [0.5, 0.6) is 0 Å². The fourth-order valence-corrected chi connectivity index (χ4v) is 7.68. The largest absolute Gasteiger partial charge is 0.393 e. The van der Waals surface area contributed by atoms with Gasteiger partial charge in [-0.2, -0.15) is 0 Å². The Hall–Kier alpha value is -1.26. The summed E-state index contributed by atoms with van der Waals surface area (Å²) in [5.41, 5.74) is -1.35. The maximum atomic E-state index is 12.4. The summed E-state index contributed by atoms with van der Waals surface area (Å²) in [5.74, 6) is 0.262. The Labute approximate surface area is 161 Å². The molecule has 3 saturated carbocycles. The first-order chi connectivity index (χ1) is 12.4. The molecule has 4 aliphatic carbocycles. The zero-order valence-electron chi connectivity index (χ0n) is 17.1. The van der Waals surface area contributed by atoms with Crippen molar-refractivity contribution in [1.29, 1.82) is 0 Å². The molecule has 0 aliphatic heterocycles. The Morgan fingerprint density at radius 1 is 1.19 bits per heavy atom. The van der Waals surface area contributed by atoms with Gasteiger partial charge in [-0.05, 0) is 62.0 Å². The maximum absolute atomic E-state index is 12.4. The zero-order valence-corrected chi connectivity index (χ0v) is 17.1. The third-order valence-corrected chi connectivity index (χ3v) is 8.82. The second-order valence-electron chi connectivity index (χ2n) is 10.6. The minimum absolute atomic E-state index is 0.00788. The second kappa shape index (κ2) is 5.42. The molecule has 2 N–H and O–H groups in total. The molecule has 4 heteroatoms. The Balaban J connectivity index is 1.84. The van der Waals surface area contributed by atoms with E-state index in [2.05, 4.69) is 20.8 Å². The van der Waals surface area contributed by atoms with Crippen LogP contribution in [0.1, 0.15) is 60.3 Å². The summed E-state index contributed by atoms with van der Waals surface area (Å²) in [6.45, 7) is 10.0. The van der Waals surface area contributed by atoms with Crippen molar-refractivity contribution in [3.63, 3.8) is 0 Å². The van der Waals surface area contributed by atoms with E-state index in [1.807, 2.05) is 13.0 Å². The van der Waals surface area contributed by atoms with Crippen LogP contribution in [0.15, 0.2) is 23.8 Å². The van der Waals surface area contributed by atoms with Gasteiger partial charge in [-0.25, -0.2) is 0 Å². The Kier molecular flexibility index (Phi) is 3.83. The van der Waals surface area contributed by atoms with Crippen molar-refractivity contribution < 1.29 is 19.8 Å². The van der Waals surface area contributed by atoms with Gasteiger partial charge in [-0.1, -0.05) is 39.3 Å². The number of allylic oxidation sites excluding steroid dienone is 4. The van der Waals surface area contributed by atoms with E-state index in [0.717, 1.165) is 18.4 Å². The molecule has 0 amide bonds. The molecule has 4 rings (SSSR count). The van der Waals surface area contributed by atoms with E-state index >= 15 is 0 Å². The molecule has 0 radical (unpaired) electrons. The number of aliphatic hydroxyl groups is 2. The molecule has 0 aromatic rings. The standard InChI is InChI=1S/C23H32O4/c1-13(24)23(27)9-7-16-15-11-20(2,3)18-10-14(25)6-8-21(18,4)19(15)17(26)12-22(16,23)5/h6,8,10,15-17,19,26-27H,7,9,11-12H2,1-5H3/t15-,16-,17+,19+,21-,22-,23-/m0/s1. The van der Waals surface area contributed by atoms with Gasteiger partial charge in [-0.3, -0.25) is 9.59 Å². The number of Topliss-reactive ketones (excluding diaryl/α,β-unsaturated/α-hetero) is 1. The van der Waals surface area contributed by atoms with E-state index in [4.69, 9.17) is 0 Å². The van der Waals surface area contributed by atoms with E-state index in [1.54, 1.807) is 12.2 Å². The monoisotopic (exact) mass is 372 g/mol. The van der Waals surface area contributed by atoms with Crippen molar-refractivity contribution in [1.82, 2.24) is 0 Å². The molecular weight excluding hydrogens is 340 g/mol. The van der Waals surface area contributed by atoms with Crippen molar-refractivity contribution in [2.75, 3.05) is 0 Å². The van der Waals surface area contributed by atoms with Crippen LogP contribution in [-0.4, -0.2) is 33.5 Å². The summed E-state index contributed by atoms with van der Waals surface area (Å²) in [6.07, 6.45) is 7.40. The van der Waals surface area contributed by atoms with Gasteiger partial charge >= 0.3 is 0 Å². The van der Waals surface area contributed by atoms with E-state index in [9.17, 15) is 19.8 Å². The molecule has 4 aliphatic rings. The lowest BCUT2D eigenvalue weighted by Gasteiger charge is -2.62. The number of carbonyl (C=O) groups excluding carboxylic acids is 2. The summed E-state index contributed by atoms with van der Waals surface area (Å²) in [5, 5.41) is 22.6. The first-order valence-corrected chi connectivity index (χ1v) is 10.2. The maximum Gasteiger partial charge on any atom is 0.178 e. The lowest BCUT2D eigenvalue weighted by atomic mass is 9.42. The molecule has 4 nitrogen and oxygen atoms in total. The minimum atomic E-state index is -1.34. The average Bonchev–Trinajstić information content (AvgIpc) is 2.81. The van der Waals surface area contributed by atoms with E-state index < -0.39 is 17.1 Å². The van der Waals surface area contributed by atoms with Crippen molar-refractivity contribution in [2.24, 2.45) is 34.0 Å². The van der Waals surface area contributed by atoms with Gasteiger partial charge in [0.25, 0.3) is 0 Å². The number of ketones is 2. The first kappa shape index (κ1) is 19.1. The van der Waals surface area contributed by atoms with Gasteiger partial charge in [0, 0.05) is 16.7 Å². The molecule has 0 aromatic carbocycles. The predicted molar refractivity (Wildman–Crippen MR) is 103 cm³/mol. The van der Waals surface area contributed by atoms with Crippen LogP contribution in [0.25, 0.3) is 0 Å². The van der Waals surface area contributed by atoms with Gasteiger partial charge < -0.3 is 10.2 Å². The number of aliphatic hydroxyl groups excluding tert-OH is 1. The smallest absolute Gasteiger partial charge is 0.178 e. The van der Waals surface area contributed by atoms with Crippen LogP contribution >= 0.6 is 0 Å². The van der Waals surface area contributed by atoms with E-state index in [-0.39, 0.29) is 40.2 Å². The van der Waals surface area contributed by atoms with E-state index in [1.165, 1.54) is 6.92 Å². The molecular formula is C23H32O4. The highest BCUT2D eigenvalue weighted by molar-refractivity contribution is 6.01. The summed E-state index contributed by atoms with van der Waals surface area (Å²) in [6, 6.07) is 0. The Morgan fingerprint density at radius 3 is 2.48 bits per heavy atom. The van der Waals surface area contributed by atoms with Crippen LogP contribution in [0.3, 0.4) is 0 Å². The van der Waals surface area contributed by atoms with Gasteiger partial charge in [0.15, 0.2) is 11.6 Å². The number of carbonyl (C=O) groups is 2. The Morgan fingerprint density at radius 2 is 1.85 bits per heavy atom. The van der Waals surface area contributed by atoms with Crippen LogP contribution in [0.4, 0.5) is 0 Å². The number of hydrogen-bond acceptors (Lipinski definition) is 4. The van der Waals surface area contributed by atoms with E-state index in [0.29, 0.717) is 12.8 Å². The molecule has 3 fully saturated rings. The molecule has 0 saturated heterocycles. The van der Waals surface area contributed by atoms with Gasteiger partial charge in [0.1, 0.15) is 5.60 Å². The van der Waals surface area contributed by atoms with Crippen LogP contribution in [-0.2, 0) is 9.59 Å². The van der Waals surface area contributed by atoms with Crippen molar-refractivity contribution in [3.05, 3.63) is 23.8 Å². The molecule has 27 heavy (non-hydrogen) atoms. The quantitative estimate of drug-likeness (QED) is 0.741. The lowest BCUT2D eigenvalue weighted by Crippen LogP contribution is -2.62. The zero-order chi connectivity index (χ0) is 20.0. The van der Waals surface area contributed by atoms with Crippen molar-refractivity contribution in [2.45, 2.75) is 72.0 Å². The molecule has 0 bridgehead atoms. The second-order valence-corrected chi connectivity index (χ2v) is 10.6. The van der Waals surface area contributed by atoms with Crippen LogP contribution < -0.4 is 0 Å². The SMILES string of the molecule is CC(=O)[C@@]1(O)CC[C@H]2[C@@H]3CC(C)(C)C4=CC(=O)C=C[C@]4(C)[C@H]3[C@H](O)C[C@@]21C. The van der Waals surface area contributed by atoms with Crippen LogP contribution in [0.2, 0.25) is 0 Å². The highest BCUT2D eigenvalue weighted by Crippen LogP contribution is 2.69. The first-order valence-electron chi connectivity index (χ1n) is 10.2. The van der Waals surface area contributed by atoms with Gasteiger partial charge in [0.2, 0.25) is 0 Å². The third-order valence-electron chi connectivity index (χ3n) is 8.82. The summed E-state index contributed by atoms with van der Waals surface area (Å²) in [7, 11) is 0. The average molecular weight is 373 g/mol.